The summed E-state index contributed by atoms with van der Waals surface area (Å²) in [6.07, 6.45) is 1.16. The van der Waals surface area contributed by atoms with Gasteiger partial charge in [0.15, 0.2) is 0 Å². The van der Waals surface area contributed by atoms with Crippen LogP contribution in [0.1, 0.15) is 25.8 Å². The summed E-state index contributed by atoms with van der Waals surface area (Å²) in [7, 11) is 0. The molecular formula is C19H22N2O3. The van der Waals surface area contributed by atoms with E-state index < -0.39 is 0 Å². The molecule has 0 aliphatic carbocycles. The molecule has 5 nitrogen and oxygen atoms in total. The van der Waals surface area contributed by atoms with E-state index in [1.807, 2.05) is 43.3 Å². The van der Waals surface area contributed by atoms with Crippen LogP contribution in [0.3, 0.4) is 0 Å². The van der Waals surface area contributed by atoms with Gasteiger partial charge in [0.1, 0.15) is 5.75 Å². The van der Waals surface area contributed by atoms with Gasteiger partial charge in [-0.25, -0.2) is 0 Å². The highest BCUT2D eigenvalue weighted by atomic mass is 16.5. The van der Waals surface area contributed by atoms with E-state index in [9.17, 15) is 9.59 Å². The molecule has 0 spiro atoms. The largest absolute Gasteiger partial charge is 0.491 e. The Labute approximate surface area is 142 Å². The first-order valence-corrected chi connectivity index (χ1v) is 7.96. The molecule has 0 saturated carbocycles. The first kappa shape index (κ1) is 17.5. The average Bonchev–Trinajstić information content (AvgIpc) is 2.55. The second kappa shape index (κ2) is 8.72. The molecule has 0 unspecified atom stereocenters. The minimum absolute atomic E-state index is 0.116. The van der Waals surface area contributed by atoms with Gasteiger partial charge >= 0.3 is 0 Å². The Balaban J connectivity index is 1.97. The molecule has 0 fully saturated rings. The van der Waals surface area contributed by atoms with Crippen LogP contribution in [0, 0.1) is 0 Å². The van der Waals surface area contributed by atoms with E-state index in [0.29, 0.717) is 23.7 Å². The molecule has 2 rings (SSSR count). The summed E-state index contributed by atoms with van der Waals surface area (Å²) in [6, 6.07) is 14.6. The molecule has 0 aromatic heterocycles. The number of carbonyl (C=O) groups is 2. The van der Waals surface area contributed by atoms with E-state index in [1.54, 1.807) is 12.1 Å². The third-order valence-corrected chi connectivity index (χ3v) is 3.26. The van der Waals surface area contributed by atoms with Crippen LogP contribution in [-0.4, -0.2) is 18.4 Å². The number of amides is 2. The van der Waals surface area contributed by atoms with Crippen LogP contribution >= 0.6 is 0 Å². The lowest BCUT2D eigenvalue weighted by molar-refractivity contribution is -0.116. The molecule has 0 heterocycles. The third-order valence-electron chi connectivity index (χ3n) is 3.26. The SMILES string of the molecule is CCCOc1ccccc1NC(=O)Cc1ccc(NC(C)=O)cc1. The van der Waals surface area contributed by atoms with Crippen LogP contribution < -0.4 is 15.4 Å². The number of anilines is 2. The first-order valence-electron chi connectivity index (χ1n) is 7.96. The van der Waals surface area contributed by atoms with Crippen molar-refractivity contribution in [3.05, 3.63) is 54.1 Å². The molecule has 2 aromatic rings. The van der Waals surface area contributed by atoms with Gasteiger partial charge in [-0.1, -0.05) is 31.2 Å². The summed E-state index contributed by atoms with van der Waals surface area (Å²) in [5.41, 5.74) is 2.25. The van der Waals surface area contributed by atoms with Gasteiger partial charge in [0.05, 0.1) is 18.7 Å². The Kier molecular flexibility index (Phi) is 6.37. The van der Waals surface area contributed by atoms with Crippen LogP contribution in [0.5, 0.6) is 5.75 Å². The quantitative estimate of drug-likeness (QED) is 0.816. The normalized spacial score (nSPS) is 10.1. The highest BCUT2D eigenvalue weighted by Gasteiger charge is 2.08. The molecule has 24 heavy (non-hydrogen) atoms. The molecule has 2 amide bonds. The molecule has 0 saturated heterocycles. The number of carbonyl (C=O) groups excluding carboxylic acids is 2. The lowest BCUT2D eigenvalue weighted by atomic mass is 10.1. The van der Waals surface area contributed by atoms with Crippen molar-refractivity contribution in [3.63, 3.8) is 0 Å². The number of nitrogens with one attached hydrogen (secondary N) is 2. The molecule has 126 valence electrons. The predicted octanol–water partition coefficient (Wildman–Crippen LogP) is 3.62. The zero-order valence-electron chi connectivity index (χ0n) is 14.0. The fraction of sp³-hybridized carbons (Fsp3) is 0.263. The average molecular weight is 326 g/mol. The summed E-state index contributed by atoms with van der Waals surface area (Å²) in [5, 5.41) is 5.58. The summed E-state index contributed by atoms with van der Waals surface area (Å²) < 4.78 is 5.64. The second-order valence-electron chi connectivity index (χ2n) is 5.45. The highest BCUT2D eigenvalue weighted by molar-refractivity contribution is 5.94. The Morgan fingerprint density at radius 3 is 2.38 bits per heavy atom. The summed E-state index contributed by atoms with van der Waals surface area (Å²) in [6.45, 7) is 4.10. The van der Waals surface area contributed by atoms with Crippen molar-refractivity contribution in [2.45, 2.75) is 26.7 Å². The Bertz CT molecular complexity index is 696. The van der Waals surface area contributed by atoms with Crippen molar-refractivity contribution in [1.82, 2.24) is 0 Å². The fourth-order valence-corrected chi connectivity index (χ4v) is 2.20. The molecule has 2 N–H and O–H groups in total. The lowest BCUT2D eigenvalue weighted by Crippen LogP contribution is -2.15. The van der Waals surface area contributed by atoms with Crippen molar-refractivity contribution in [2.24, 2.45) is 0 Å². The van der Waals surface area contributed by atoms with Crippen LogP contribution in [0.4, 0.5) is 11.4 Å². The van der Waals surface area contributed by atoms with Gasteiger partial charge in [-0.05, 0) is 36.2 Å². The number of hydrogen-bond donors (Lipinski definition) is 2. The van der Waals surface area contributed by atoms with Gasteiger partial charge in [0, 0.05) is 12.6 Å². The summed E-state index contributed by atoms with van der Waals surface area (Å²) in [4.78, 5) is 23.2. The zero-order chi connectivity index (χ0) is 17.4. The predicted molar refractivity (Wildman–Crippen MR) is 95.3 cm³/mol. The Hall–Kier alpha value is -2.82. The van der Waals surface area contributed by atoms with Crippen molar-refractivity contribution < 1.29 is 14.3 Å². The van der Waals surface area contributed by atoms with Gasteiger partial charge in [0.2, 0.25) is 11.8 Å². The highest BCUT2D eigenvalue weighted by Crippen LogP contribution is 2.24. The van der Waals surface area contributed by atoms with Crippen LogP contribution in [-0.2, 0) is 16.0 Å². The maximum Gasteiger partial charge on any atom is 0.228 e. The topological polar surface area (TPSA) is 67.4 Å². The fourth-order valence-electron chi connectivity index (χ4n) is 2.20. The zero-order valence-corrected chi connectivity index (χ0v) is 14.0. The number of para-hydroxylation sites is 2. The van der Waals surface area contributed by atoms with E-state index in [1.165, 1.54) is 6.92 Å². The minimum Gasteiger partial charge on any atom is -0.491 e. The third kappa shape index (κ3) is 5.43. The van der Waals surface area contributed by atoms with Gasteiger partial charge < -0.3 is 15.4 Å². The van der Waals surface area contributed by atoms with Crippen LogP contribution in [0.2, 0.25) is 0 Å². The van der Waals surface area contributed by atoms with Gasteiger partial charge in [0.25, 0.3) is 0 Å². The second-order valence-corrected chi connectivity index (χ2v) is 5.45. The molecule has 0 aliphatic rings. The maximum atomic E-state index is 12.2. The maximum absolute atomic E-state index is 12.2. The number of benzene rings is 2. The molecular weight excluding hydrogens is 304 g/mol. The van der Waals surface area contributed by atoms with E-state index in [-0.39, 0.29) is 18.2 Å². The molecule has 0 aliphatic heterocycles. The smallest absolute Gasteiger partial charge is 0.228 e. The lowest BCUT2D eigenvalue weighted by Gasteiger charge is -2.12. The van der Waals surface area contributed by atoms with Gasteiger partial charge in [-0.15, -0.1) is 0 Å². The van der Waals surface area contributed by atoms with Gasteiger partial charge in [-0.3, -0.25) is 9.59 Å². The van der Waals surface area contributed by atoms with Crippen LogP contribution in [0.15, 0.2) is 48.5 Å². The number of ether oxygens (including phenoxy) is 1. The minimum atomic E-state index is -0.121. The standard InChI is InChI=1S/C19H22N2O3/c1-3-12-24-18-7-5-4-6-17(18)21-19(23)13-15-8-10-16(11-9-15)20-14(2)22/h4-11H,3,12-13H2,1-2H3,(H,20,22)(H,21,23). The van der Waals surface area contributed by atoms with E-state index >= 15 is 0 Å². The summed E-state index contributed by atoms with van der Waals surface area (Å²) in [5.74, 6) is 0.438. The van der Waals surface area contributed by atoms with Crippen LogP contribution in [0.25, 0.3) is 0 Å². The van der Waals surface area contributed by atoms with Gasteiger partial charge in [-0.2, -0.15) is 0 Å². The van der Waals surface area contributed by atoms with E-state index in [4.69, 9.17) is 4.74 Å². The molecule has 0 atom stereocenters. The molecule has 0 radical (unpaired) electrons. The summed E-state index contributed by atoms with van der Waals surface area (Å²) >= 11 is 0. The van der Waals surface area contributed by atoms with Crippen molar-refractivity contribution in [3.8, 4) is 5.75 Å². The molecule has 5 heteroatoms. The molecule has 0 bridgehead atoms. The van der Waals surface area contributed by atoms with Crippen molar-refractivity contribution >= 4 is 23.2 Å². The molecule has 2 aromatic carbocycles. The number of rotatable bonds is 7. The van der Waals surface area contributed by atoms with Crippen molar-refractivity contribution in [1.29, 1.82) is 0 Å². The first-order chi connectivity index (χ1) is 11.6. The Morgan fingerprint density at radius 1 is 1.00 bits per heavy atom. The van der Waals surface area contributed by atoms with E-state index in [0.717, 1.165) is 12.0 Å². The monoisotopic (exact) mass is 326 g/mol. The Morgan fingerprint density at radius 2 is 1.71 bits per heavy atom. The number of hydrogen-bond acceptors (Lipinski definition) is 3. The van der Waals surface area contributed by atoms with E-state index in [2.05, 4.69) is 10.6 Å². The van der Waals surface area contributed by atoms with Crippen molar-refractivity contribution in [2.75, 3.05) is 17.2 Å².